The standard InChI is InChI=1S/C18H15BrClN3O2/c1-12-3-2-4-14(9-12)21-18(24)16-7-8-23(22-16)11-25-17-6-5-13(20)10-15(17)19/h2-10H,11H2,1H3,(H,21,24). The Morgan fingerprint density at radius 2 is 2.12 bits per heavy atom. The van der Waals surface area contributed by atoms with Crippen LogP contribution in [0.25, 0.3) is 0 Å². The van der Waals surface area contributed by atoms with Gasteiger partial charge in [-0.15, -0.1) is 0 Å². The Labute approximate surface area is 158 Å². The minimum atomic E-state index is -0.267. The third kappa shape index (κ3) is 4.61. The number of hydrogen-bond donors (Lipinski definition) is 1. The van der Waals surface area contributed by atoms with Gasteiger partial charge in [-0.05, 0) is 64.8 Å². The summed E-state index contributed by atoms with van der Waals surface area (Å²) in [5.41, 5.74) is 2.13. The Morgan fingerprint density at radius 3 is 2.88 bits per heavy atom. The molecule has 1 N–H and O–H groups in total. The van der Waals surface area contributed by atoms with E-state index in [4.69, 9.17) is 16.3 Å². The summed E-state index contributed by atoms with van der Waals surface area (Å²) in [6.07, 6.45) is 1.69. The normalized spacial score (nSPS) is 10.5. The number of nitrogens with zero attached hydrogens (tertiary/aromatic N) is 2. The second-order valence-corrected chi connectivity index (χ2v) is 6.70. The lowest BCUT2D eigenvalue weighted by Gasteiger charge is -2.08. The van der Waals surface area contributed by atoms with Crippen molar-refractivity contribution in [2.75, 3.05) is 5.32 Å². The Bertz CT molecular complexity index is 911. The van der Waals surface area contributed by atoms with Gasteiger partial charge in [0.15, 0.2) is 12.4 Å². The number of rotatable bonds is 5. The van der Waals surface area contributed by atoms with E-state index in [-0.39, 0.29) is 12.6 Å². The first-order valence-electron chi connectivity index (χ1n) is 7.50. The van der Waals surface area contributed by atoms with Crippen molar-refractivity contribution in [3.05, 3.63) is 75.5 Å². The summed E-state index contributed by atoms with van der Waals surface area (Å²) < 4.78 is 7.97. The molecule has 1 aromatic heterocycles. The highest BCUT2D eigenvalue weighted by Gasteiger charge is 2.10. The molecule has 1 heterocycles. The molecule has 0 atom stereocenters. The Morgan fingerprint density at radius 1 is 1.28 bits per heavy atom. The number of anilines is 1. The zero-order valence-electron chi connectivity index (χ0n) is 13.4. The van der Waals surface area contributed by atoms with Crippen molar-refractivity contribution in [3.63, 3.8) is 0 Å². The van der Waals surface area contributed by atoms with Gasteiger partial charge in [0.25, 0.3) is 5.91 Å². The number of halogens is 2. The molecule has 5 nitrogen and oxygen atoms in total. The molecule has 25 heavy (non-hydrogen) atoms. The van der Waals surface area contributed by atoms with E-state index in [0.717, 1.165) is 15.7 Å². The van der Waals surface area contributed by atoms with E-state index >= 15 is 0 Å². The largest absolute Gasteiger partial charge is 0.470 e. The molecule has 0 saturated heterocycles. The van der Waals surface area contributed by atoms with Gasteiger partial charge < -0.3 is 10.1 Å². The molecule has 2 aromatic carbocycles. The predicted octanol–water partition coefficient (Wildman–Crippen LogP) is 4.90. The molecule has 0 spiro atoms. The molecule has 0 unspecified atom stereocenters. The number of aryl methyl sites for hydroxylation is 1. The van der Waals surface area contributed by atoms with E-state index in [1.54, 1.807) is 35.1 Å². The van der Waals surface area contributed by atoms with Gasteiger partial charge in [-0.2, -0.15) is 5.10 Å². The first kappa shape index (κ1) is 17.5. The maximum absolute atomic E-state index is 12.3. The number of nitrogens with one attached hydrogen (secondary N) is 1. The van der Waals surface area contributed by atoms with Crippen molar-refractivity contribution in [1.82, 2.24) is 9.78 Å². The van der Waals surface area contributed by atoms with Crippen LogP contribution in [-0.4, -0.2) is 15.7 Å². The zero-order valence-corrected chi connectivity index (χ0v) is 15.7. The SMILES string of the molecule is Cc1cccc(NC(=O)c2ccn(COc3ccc(Cl)cc3Br)n2)c1. The molecule has 0 bridgehead atoms. The number of amides is 1. The van der Waals surface area contributed by atoms with Crippen molar-refractivity contribution in [2.45, 2.75) is 13.7 Å². The van der Waals surface area contributed by atoms with Crippen LogP contribution in [0, 0.1) is 6.92 Å². The van der Waals surface area contributed by atoms with Gasteiger partial charge in [0.2, 0.25) is 0 Å². The maximum Gasteiger partial charge on any atom is 0.276 e. The summed E-state index contributed by atoms with van der Waals surface area (Å²) in [6, 6.07) is 14.5. The summed E-state index contributed by atoms with van der Waals surface area (Å²) in [7, 11) is 0. The number of hydrogen-bond acceptors (Lipinski definition) is 3. The van der Waals surface area contributed by atoms with Gasteiger partial charge in [0.05, 0.1) is 4.47 Å². The van der Waals surface area contributed by atoms with E-state index in [1.165, 1.54) is 0 Å². The minimum Gasteiger partial charge on any atom is -0.470 e. The van der Waals surface area contributed by atoms with Crippen LogP contribution >= 0.6 is 27.5 Å². The molecular formula is C18H15BrClN3O2. The van der Waals surface area contributed by atoms with Crippen LogP contribution in [0.1, 0.15) is 16.1 Å². The number of carbonyl (C=O) groups excluding carboxylic acids is 1. The van der Waals surface area contributed by atoms with Crippen molar-refractivity contribution in [2.24, 2.45) is 0 Å². The lowest BCUT2D eigenvalue weighted by Crippen LogP contribution is -2.14. The molecule has 3 rings (SSSR count). The van der Waals surface area contributed by atoms with Crippen LogP contribution in [0.15, 0.2) is 59.2 Å². The van der Waals surface area contributed by atoms with Crippen LogP contribution < -0.4 is 10.1 Å². The number of carbonyl (C=O) groups is 1. The molecule has 128 valence electrons. The van der Waals surface area contributed by atoms with Gasteiger partial charge in [0.1, 0.15) is 5.75 Å². The number of benzene rings is 2. The minimum absolute atomic E-state index is 0.179. The van der Waals surface area contributed by atoms with E-state index in [1.807, 2.05) is 31.2 Å². The maximum atomic E-state index is 12.3. The Kier molecular flexibility index (Phi) is 5.40. The lowest BCUT2D eigenvalue weighted by molar-refractivity contribution is 0.102. The first-order chi connectivity index (χ1) is 12.0. The Hall–Kier alpha value is -2.31. The third-order valence-electron chi connectivity index (χ3n) is 3.40. The fourth-order valence-corrected chi connectivity index (χ4v) is 3.00. The fourth-order valence-electron chi connectivity index (χ4n) is 2.20. The van der Waals surface area contributed by atoms with Crippen LogP contribution in [0.3, 0.4) is 0 Å². The molecular weight excluding hydrogens is 406 g/mol. The molecule has 0 radical (unpaired) electrons. The van der Waals surface area contributed by atoms with Crippen LogP contribution in [0.4, 0.5) is 5.69 Å². The summed E-state index contributed by atoms with van der Waals surface area (Å²) in [5.74, 6) is 0.377. The third-order valence-corrected chi connectivity index (χ3v) is 4.25. The fraction of sp³-hybridized carbons (Fsp3) is 0.111. The van der Waals surface area contributed by atoms with Crippen LogP contribution in [-0.2, 0) is 6.73 Å². The Balaban J connectivity index is 1.62. The van der Waals surface area contributed by atoms with E-state index in [9.17, 15) is 4.79 Å². The second kappa shape index (κ2) is 7.72. The first-order valence-corrected chi connectivity index (χ1v) is 8.68. The molecule has 1 amide bonds. The van der Waals surface area contributed by atoms with Crippen molar-refractivity contribution < 1.29 is 9.53 Å². The summed E-state index contributed by atoms with van der Waals surface area (Å²) >= 11 is 9.29. The molecule has 3 aromatic rings. The molecule has 0 fully saturated rings. The highest BCUT2D eigenvalue weighted by molar-refractivity contribution is 9.10. The van der Waals surface area contributed by atoms with Gasteiger partial charge >= 0.3 is 0 Å². The summed E-state index contributed by atoms with van der Waals surface area (Å²) in [5, 5.41) is 7.67. The monoisotopic (exact) mass is 419 g/mol. The van der Waals surface area contributed by atoms with Gasteiger partial charge in [-0.1, -0.05) is 23.7 Å². The highest BCUT2D eigenvalue weighted by atomic mass is 79.9. The molecule has 0 aliphatic carbocycles. The highest BCUT2D eigenvalue weighted by Crippen LogP contribution is 2.28. The average Bonchev–Trinajstić information content (AvgIpc) is 3.03. The number of ether oxygens (including phenoxy) is 1. The smallest absolute Gasteiger partial charge is 0.276 e. The van der Waals surface area contributed by atoms with E-state index in [2.05, 4.69) is 26.3 Å². The van der Waals surface area contributed by atoms with E-state index < -0.39 is 0 Å². The molecule has 0 saturated carbocycles. The van der Waals surface area contributed by atoms with Gasteiger partial charge in [0, 0.05) is 16.9 Å². The van der Waals surface area contributed by atoms with Crippen LogP contribution in [0.5, 0.6) is 5.75 Å². The van der Waals surface area contributed by atoms with Crippen molar-refractivity contribution >= 4 is 39.1 Å². The van der Waals surface area contributed by atoms with Crippen molar-refractivity contribution in [3.8, 4) is 5.75 Å². The second-order valence-electron chi connectivity index (χ2n) is 5.41. The molecule has 7 heteroatoms. The lowest BCUT2D eigenvalue weighted by atomic mass is 10.2. The predicted molar refractivity (Wildman–Crippen MR) is 101 cm³/mol. The van der Waals surface area contributed by atoms with Gasteiger partial charge in [-0.3, -0.25) is 4.79 Å². The van der Waals surface area contributed by atoms with Gasteiger partial charge in [-0.25, -0.2) is 4.68 Å². The number of aromatic nitrogens is 2. The average molecular weight is 421 g/mol. The topological polar surface area (TPSA) is 56.2 Å². The zero-order chi connectivity index (χ0) is 17.8. The van der Waals surface area contributed by atoms with Crippen LogP contribution in [0.2, 0.25) is 5.02 Å². The molecule has 0 aliphatic heterocycles. The molecule has 0 aliphatic rings. The summed E-state index contributed by atoms with van der Waals surface area (Å²) in [6.45, 7) is 2.15. The van der Waals surface area contributed by atoms with E-state index in [0.29, 0.717) is 16.5 Å². The van der Waals surface area contributed by atoms with Crippen molar-refractivity contribution in [1.29, 1.82) is 0 Å². The summed E-state index contributed by atoms with van der Waals surface area (Å²) in [4.78, 5) is 12.3. The quantitative estimate of drug-likeness (QED) is 0.639.